The van der Waals surface area contributed by atoms with Gasteiger partial charge in [-0.2, -0.15) is 4.98 Å². The normalized spacial score (nSPS) is 10.7. The topological polar surface area (TPSA) is 64.9 Å². The van der Waals surface area contributed by atoms with E-state index in [1.807, 2.05) is 25.2 Å². The summed E-state index contributed by atoms with van der Waals surface area (Å²) in [4.78, 5) is 12.9. The summed E-state index contributed by atoms with van der Waals surface area (Å²) in [7, 11) is 3.45. The minimum absolute atomic E-state index is 0.517. The molecule has 1 N–H and O–H groups in total. The third kappa shape index (κ3) is 2.16. The lowest BCUT2D eigenvalue weighted by molar-refractivity contribution is 0.368. The van der Waals surface area contributed by atoms with Gasteiger partial charge in [0, 0.05) is 13.6 Å². The van der Waals surface area contributed by atoms with Gasteiger partial charge in [0.25, 0.3) is 6.01 Å². The molecule has 2 heterocycles. The van der Waals surface area contributed by atoms with Crippen molar-refractivity contribution in [3.05, 3.63) is 42.2 Å². The smallest absolute Gasteiger partial charge is 0.298 e. The first-order valence-electron chi connectivity index (χ1n) is 6.29. The standard InChI is InChI=1S/C14H15N5O/c1-19-13-11(18-14(19)20-2)12(16-9-17-13)15-8-10-6-4-3-5-7-10/h3-7,9H,8H2,1-2H3,(H,15,16,17). The first-order chi connectivity index (χ1) is 9.79. The van der Waals surface area contributed by atoms with Crippen molar-refractivity contribution in [1.29, 1.82) is 0 Å². The number of hydrogen-bond donors (Lipinski definition) is 1. The molecule has 0 unspecified atom stereocenters. The molecule has 20 heavy (non-hydrogen) atoms. The van der Waals surface area contributed by atoms with Crippen LogP contribution in [-0.2, 0) is 13.6 Å². The molecule has 3 rings (SSSR count). The molecule has 0 atom stereocenters. The van der Waals surface area contributed by atoms with Crippen LogP contribution in [-0.4, -0.2) is 26.6 Å². The molecule has 0 aliphatic carbocycles. The van der Waals surface area contributed by atoms with Gasteiger partial charge in [-0.05, 0) is 5.56 Å². The fraction of sp³-hybridized carbons (Fsp3) is 0.214. The van der Waals surface area contributed by atoms with Crippen LogP contribution in [0.25, 0.3) is 11.2 Å². The Morgan fingerprint density at radius 3 is 2.75 bits per heavy atom. The van der Waals surface area contributed by atoms with Crippen LogP contribution in [0.3, 0.4) is 0 Å². The van der Waals surface area contributed by atoms with Crippen LogP contribution in [0, 0.1) is 0 Å². The molecule has 6 nitrogen and oxygen atoms in total. The minimum Gasteiger partial charge on any atom is -0.468 e. The lowest BCUT2D eigenvalue weighted by Gasteiger charge is -2.05. The molecule has 0 saturated carbocycles. The predicted molar refractivity (Wildman–Crippen MR) is 76.6 cm³/mol. The Hall–Kier alpha value is -2.63. The molecule has 0 spiro atoms. The van der Waals surface area contributed by atoms with Crippen molar-refractivity contribution in [3.8, 4) is 6.01 Å². The first-order valence-corrected chi connectivity index (χ1v) is 6.29. The van der Waals surface area contributed by atoms with Crippen LogP contribution >= 0.6 is 0 Å². The van der Waals surface area contributed by atoms with E-state index in [1.165, 1.54) is 11.9 Å². The quantitative estimate of drug-likeness (QED) is 0.784. The van der Waals surface area contributed by atoms with Crippen molar-refractivity contribution < 1.29 is 4.74 Å². The first kappa shape index (κ1) is 12.4. The third-order valence-corrected chi connectivity index (χ3v) is 3.10. The van der Waals surface area contributed by atoms with Gasteiger partial charge in [0.05, 0.1) is 7.11 Å². The van der Waals surface area contributed by atoms with Gasteiger partial charge in [-0.1, -0.05) is 30.3 Å². The summed E-state index contributed by atoms with van der Waals surface area (Å²) in [6.07, 6.45) is 1.52. The number of methoxy groups -OCH3 is 1. The van der Waals surface area contributed by atoms with Gasteiger partial charge in [0.2, 0.25) is 0 Å². The number of hydrogen-bond acceptors (Lipinski definition) is 5. The number of ether oxygens (including phenoxy) is 1. The van der Waals surface area contributed by atoms with Crippen molar-refractivity contribution in [2.45, 2.75) is 6.54 Å². The van der Waals surface area contributed by atoms with Gasteiger partial charge in [-0.3, -0.25) is 4.57 Å². The maximum absolute atomic E-state index is 5.20. The number of fused-ring (bicyclic) bond motifs is 1. The zero-order valence-corrected chi connectivity index (χ0v) is 11.4. The van der Waals surface area contributed by atoms with Crippen LogP contribution in [0.2, 0.25) is 0 Å². The molecular weight excluding hydrogens is 254 g/mol. The fourth-order valence-electron chi connectivity index (χ4n) is 2.07. The zero-order chi connectivity index (χ0) is 13.9. The Morgan fingerprint density at radius 2 is 2.00 bits per heavy atom. The number of rotatable bonds is 4. The highest BCUT2D eigenvalue weighted by Crippen LogP contribution is 2.22. The Morgan fingerprint density at radius 1 is 1.20 bits per heavy atom. The number of benzene rings is 1. The Kier molecular flexibility index (Phi) is 3.20. The summed E-state index contributed by atoms with van der Waals surface area (Å²) in [6, 6.07) is 10.7. The van der Waals surface area contributed by atoms with E-state index >= 15 is 0 Å². The molecule has 0 aliphatic rings. The Labute approximate surface area is 116 Å². The van der Waals surface area contributed by atoms with E-state index in [-0.39, 0.29) is 0 Å². The molecule has 102 valence electrons. The van der Waals surface area contributed by atoms with Crippen molar-refractivity contribution in [2.75, 3.05) is 12.4 Å². The summed E-state index contributed by atoms with van der Waals surface area (Å²) < 4.78 is 7.00. The van der Waals surface area contributed by atoms with E-state index in [1.54, 1.807) is 11.7 Å². The largest absolute Gasteiger partial charge is 0.468 e. The van der Waals surface area contributed by atoms with E-state index in [9.17, 15) is 0 Å². The molecule has 0 bridgehead atoms. The summed E-state index contributed by atoms with van der Waals surface area (Å²) >= 11 is 0. The van der Waals surface area contributed by atoms with E-state index in [2.05, 4.69) is 32.4 Å². The number of aromatic nitrogens is 4. The SMILES string of the molecule is COc1nc2c(NCc3ccccc3)ncnc2n1C. The van der Waals surface area contributed by atoms with Crippen molar-refractivity contribution in [3.63, 3.8) is 0 Å². The highest BCUT2D eigenvalue weighted by Gasteiger charge is 2.13. The maximum atomic E-state index is 5.20. The van der Waals surface area contributed by atoms with Gasteiger partial charge < -0.3 is 10.1 Å². The molecule has 2 aromatic heterocycles. The van der Waals surface area contributed by atoms with Crippen LogP contribution in [0.5, 0.6) is 6.01 Å². The summed E-state index contributed by atoms with van der Waals surface area (Å²) in [6.45, 7) is 0.686. The lowest BCUT2D eigenvalue weighted by atomic mass is 10.2. The van der Waals surface area contributed by atoms with Gasteiger partial charge in [-0.15, -0.1) is 0 Å². The average molecular weight is 269 g/mol. The summed E-state index contributed by atoms with van der Waals surface area (Å²) in [5, 5.41) is 3.29. The molecule has 3 aromatic rings. The number of aryl methyl sites for hydroxylation is 1. The van der Waals surface area contributed by atoms with Gasteiger partial charge in [0.1, 0.15) is 6.33 Å². The maximum Gasteiger partial charge on any atom is 0.298 e. The van der Waals surface area contributed by atoms with Crippen LogP contribution in [0.15, 0.2) is 36.7 Å². The second kappa shape index (κ2) is 5.16. The second-order valence-corrected chi connectivity index (χ2v) is 4.39. The van der Waals surface area contributed by atoms with E-state index in [0.29, 0.717) is 23.9 Å². The predicted octanol–water partition coefficient (Wildman–Crippen LogP) is 1.98. The molecule has 0 fully saturated rings. The van der Waals surface area contributed by atoms with Crippen molar-refractivity contribution in [2.24, 2.45) is 7.05 Å². The Balaban J connectivity index is 1.92. The molecule has 1 aromatic carbocycles. The van der Waals surface area contributed by atoms with Crippen LogP contribution < -0.4 is 10.1 Å². The monoisotopic (exact) mass is 269 g/mol. The van der Waals surface area contributed by atoms with Crippen LogP contribution in [0.1, 0.15) is 5.56 Å². The van der Waals surface area contributed by atoms with Gasteiger partial charge in [-0.25, -0.2) is 9.97 Å². The van der Waals surface area contributed by atoms with Crippen LogP contribution in [0.4, 0.5) is 5.82 Å². The molecule has 0 saturated heterocycles. The number of anilines is 1. The highest BCUT2D eigenvalue weighted by atomic mass is 16.5. The fourth-order valence-corrected chi connectivity index (χ4v) is 2.07. The molecule has 6 heteroatoms. The molecule has 0 aliphatic heterocycles. The summed E-state index contributed by atoms with van der Waals surface area (Å²) in [5.41, 5.74) is 2.64. The van der Waals surface area contributed by atoms with Gasteiger partial charge in [0.15, 0.2) is 17.0 Å². The van der Waals surface area contributed by atoms with E-state index < -0.39 is 0 Å². The van der Waals surface area contributed by atoms with E-state index in [4.69, 9.17) is 4.74 Å². The Bertz CT molecular complexity index is 723. The number of nitrogens with one attached hydrogen (secondary N) is 1. The number of imidazole rings is 1. The highest BCUT2D eigenvalue weighted by molar-refractivity contribution is 5.83. The average Bonchev–Trinajstić information content (AvgIpc) is 2.83. The third-order valence-electron chi connectivity index (χ3n) is 3.10. The zero-order valence-electron chi connectivity index (χ0n) is 11.4. The molecule has 0 amide bonds. The second-order valence-electron chi connectivity index (χ2n) is 4.39. The minimum atomic E-state index is 0.517. The van der Waals surface area contributed by atoms with Crippen molar-refractivity contribution >= 4 is 17.0 Å². The molecule has 0 radical (unpaired) electrons. The molecular formula is C14H15N5O. The summed E-state index contributed by atoms with van der Waals surface area (Å²) in [5.74, 6) is 0.706. The van der Waals surface area contributed by atoms with E-state index in [0.717, 1.165) is 5.65 Å². The van der Waals surface area contributed by atoms with Crippen molar-refractivity contribution in [1.82, 2.24) is 19.5 Å². The number of nitrogens with zero attached hydrogens (tertiary/aromatic N) is 4. The van der Waals surface area contributed by atoms with Gasteiger partial charge >= 0.3 is 0 Å². The lowest BCUT2D eigenvalue weighted by Crippen LogP contribution is -2.02.